The summed E-state index contributed by atoms with van der Waals surface area (Å²) in [6.45, 7) is 2.58. The molecule has 122 valence electrons. The van der Waals surface area contributed by atoms with E-state index in [1.54, 1.807) is 6.08 Å². The number of thiazole rings is 1. The Hall–Kier alpha value is -2.66. The zero-order chi connectivity index (χ0) is 16.9. The molecule has 0 aliphatic rings. The van der Waals surface area contributed by atoms with Gasteiger partial charge in [-0.1, -0.05) is 41.7 Å². The van der Waals surface area contributed by atoms with Crippen molar-refractivity contribution in [2.24, 2.45) is 12.0 Å². The number of nitrogens with zero attached hydrogens (tertiary/aromatic N) is 2. The molecule has 3 rings (SSSR count). The SMILES string of the molecule is CCOc1ccc2c(c1)sc(=NC(=O)/C=C/c1ccccc1)n2C. The molecule has 0 spiro atoms. The second kappa shape index (κ2) is 7.27. The number of aromatic nitrogens is 1. The lowest BCUT2D eigenvalue weighted by molar-refractivity contribution is -0.113. The van der Waals surface area contributed by atoms with Crippen molar-refractivity contribution in [2.75, 3.05) is 6.61 Å². The van der Waals surface area contributed by atoms with Gasteiger partial charge in [-0.15, -0.1) is 0 Å². The van der Waals surface area contributed by atoms with Gasteiger partial charge in [0.15, 0.2) is 4.80 Å². The van der Waals surface area contributed by atoms with E-state index < -0.39 is 0 Å². The highest BCUT2D eigenvalue weighted by atomic mass is 32.1. The quantitative estimate of drug-likeness (QED) is 0.680. The molecule has 5 heteroatoms. The first kappa shape index (κ1) is 16.2. The number of fused-ring (bicyclic) bond motifs is 1. The Morgan fingerprint density at radius 2 is 2.04 bits per heavy atom. The standard InChI is InChI=1S/C19H18N2O2S/c1-3-23-15-10-11-16-17(13-15)24-19(21(16)2)20-18(22)12-9-14-7-5-4-6-8-14/h4-13H,3H2,1-2H3/b12-9+,20-19?. The average molecular weight is 338 g/mol. The first-order valence-electron chi connectivity index (χ1n) is 7.71. The van der Waals surface area contributed by atoms with E-state index in [0.29, 0.717) is 11.4 Å². The molecule has 0 saturated heterocycles. The molecule has 2 aromatic carbocycles. The van der Waals surface area contributed by atoms with E-state index in [1.807, 2.05) is 67.1 Å². The Balaban J connectivity index is 1.90. The normalized spacial score (nSPS) is 12.2. The maximum absolute atomic E-state index is 12.1. The van der Waals surface area contributed by atoms with Crippen LogP contribution in [0, 0.1) is 0 Å². The second-order valence-corrected chi connectivity index (χ2v) is 6.21. The van der Waals surface area contributed by atoms with E-state index in [4.69, 9.17) is 4.74 Å². The Morgan fingerprint density at radius 1 is 1.25 bits per heavy atom. The van der Waals surface area contributed by atoms with Crippen molar-refractivity contribution in [3.8, 4) is 5.75 Å². The molecular formula is C19H18N2O2S. The summed E-state index contributed by atoms with van der Waals surface area (Å²) >= 11 is 1.48. The van der Waals surface area contributed by atoms with Crippen LogP contribution in [0.3, 0.4) is 0 Å². The predicted octanol–water partition coefficient (Wildman–Crippen LogP) is 3.78. The summed E-state index contributed by atoms with van der Waals surface area (Å²) in [5.74, 6) is 0.555. The fraction of sp³-hybridized carbons (Fsp3) is 0.158. The lowest BCUT2D eigenvalue weighted by Gasteiger charge is -2.02. The van der Waals surface area contributed by atoms with Gasteiger partial charge in [0.2, 0.25) is 0 Å². The third-order valence-electron chi connectivity index (χ3n) is 3.52. The van der Waals surface area contributed by atoms with E-state index in [2.05, 4.69) is 4.99 Å². The molecule has 1 amide bonds. The monoisotopic (exact) mass is 338 g/mol. The molecule has 0 saturated carbocycles. The second-order valence-electron chi connectivity index (χ2n) is 5.20. The summed E-state index contributed by atoms with van der Waals surface area (Å²) in [6.07, 6.45) is 3.26. The minimum Gasteiger partial charge on any atom is -0.494 e. The number of amides is 1. The molecule has 0 fully saturated rings. The molecule has 3 aromatic rings. The van der Waals surface area contributed by atoms with Crippen molar-refractivity contribution in [1.82, 2.24) is 4.57 Å². The van der Waals surface area contributed by atoms with E-state index >= 15 is 0 Å². The average Bonchev–Trinajstić information content (AvgIpc) is 2.90. The van der Waals surface area contributed by atoms with Gasteiger partial charge in [0.25, 0.3) is 5.91 Å². The summed E-state index contributed by atoms with van der Waals surface area (Å²) in [5, 5.41) is 0. The number of benzene rings is 2. The first-order valence-corrected chi connectivity index (χ1v) is 8.53. The summed E-state index contributed by atoms with van der Waals surface area (Å²) in [6, 6.07) is 15.6. The van der Waals surface area contributed by atoms with Gasteiger partial charge < -0.3 is 9.30 Å². The fourth-order valence-corrected chi connectivity index (χ4v) is 3.39. The summed E-state index contributed by atoms with van der Waals surface area (Å²) in [7, 11) is 1.91. The molecule has 4 nitrogen and oxygen atoms in total. The number of hydrogen-bond donors (Lipinski definition) is 0. The van der Waals surface area contributed by atoms with Crippen LogP contribution in [0.1, 0.15) is 12.5 Å². The smallest absolute Gasteiger partial charge is 0.272 e. The van der Waals surface area contributed by atoms with Crippen LogP contribution < -0.4 is 9.54 Å². The summed E-state index contributed by atoms with van der Waals surface area (Å²) < 4.78 is 8.48. The van der Waals surface area contributed by atoms with Crippen LogP contribution in [-0.2, 0) is 11.8 Å². The van der Waals surface area contributed by atoms with E-state index in [1.165, 1.54) is 17.4 Å². The van der Waals surface area contributed by atoms with Crippen LogP contribution in [0.15, 0.2) is 59.6 Å². The van der Waals surface area contributed by atoms with Gasteiger partial charge in [-0.2, -0.15) is 4.99 Å². The maximum Gasteiger partial charge on any atom is 0.272 e. The van der Waals surface area contributed by atoms with Crippen molar-refractivity contribution in [3.63, 3.8) is 0 Å². The highest BCUT2D eigenvalue weighted by Gasteiger charge is 2.05. The highest BCUT2D eigenvalue weighted by molar-refractivity contribution is 7.16. The zero-order valence-electron chi connectivity index (χ0n) is 13.6. The van der Waals surface area contributed by atoms with Crippen molar-refractivity contribution in [2.45, 2.75) is 6.92 Å². The topological polar surface area (TPSA) is 43.6 Å². The van der Waals surface area contributed by atoms with Crippen molar-refractivity contribution in [3.05, 3.63) is 65.0 Å². The van der Waals surface area contributed by atoms with Gasteiger partial charge in [0.05, 0.1) is 16.8 Å². The number of rotatable bonds is 4. The number of ether oxygens (including phenoxy) is 1. The zero-order valence-corrected chi connectivity index (χ0v) is 14.4. The molecular weight excluding hydrogens is 320 g/mol. The minimum atomic E-state index is -0.272. The van der Waals surface area contributed by atoms with Gasteiger partial charge in [-0.05, 0) is 36.8 Å². The molecule has 1 aromatic heterocycles. The van der Waals surface area contributed by atoms with Crippen LogP contribution in [0.2, 0.25) is 0 Å². The van der Waals surface area contributed by atoms with Crippen molar-refractivity contribution in [1.29, 1.82) is 0 Å². The molecule has 0 aliphatic heterocycles. The van der Waals surface area contributed by atoms with Gasteiger partial charge in [0, 0.05) is 13.1 Å². The molecule has 0 atom stereocenters. The van der Waals surface area contributed by atoms with Gasteiger partial charge in [-0.25, -0.2) is 0 Å². The Bertz CT molecular complexity index is 952. The summed E-state index contributed by atoms with van der Waals surface area (Å²) in [4.78, 5) is 17.0. The molecule has 0 unspecified atom stereocenters. The van der Waals surface area contributed by atoms with E-state index in [0.717, 1.165) is 21.5 Å². The van der Waals surface area contributed by atoms with Crippen molar-refractivity contribution < 1.29 is 9.53 Å². The minimum absolute atomic E-state index is 0.272. The highest BCUT2D eigenvalue weighted by Crippen LogP contribution is 2.22. The van der Waals surface area contributed by atoms with Crippen molar-refractivity contribution >= 4 is 33.5 Å². The molecule has 1 heterocycles. The number of hydrogen-bond acceptors (Lipinski definition) is 3. The van der Waals surface area contributed by atoms with Gasteiger partial charge in [0.1, 0.15) is 5.75 Å². The van der Waals surface area contributed by atoms with Crippen LogP contribution >= 0.6 is 11.3 Å². The molecule has 24 heavy (non-hydrogen) atoms. The lowest BCUT2D eigenvalue weighted by Crippen LogP contribution is -2.12. The third kappa shape index (κ3) is 3.63. The Kier molecular flexibility index (Phi) is 4.91. The van der Waals surface area contributed by atoms with Crippen LogP contribution in [-0.4, -0.2) is 17.1 Å². The van der Waals surface area contributed by atoms with Gasteiger partial charge in [-0.3, -0.25) is 4.79 Å². The molecule has 0 bridgehead atoms. The number of carbonyl (C=O) groups is 1. The third-order valence-corrected chi connectivity index (χ3v) is 4.61. The van der Waals surface area contributed by atoms with Crippen LogP contribution in [0.5, 0.6) is 5.75 Å². The van der Waals surface area contributed by atoms with Crippen LogP contribution in [0.25, 0.3) is 16.3 Å². The van der Waals surface area contributed by atoms with Crippen LogP contribution in [0.4, 0.5) is 0 Å². The summed E-state index contributed by atoms with van der Waals surface area (Å²) in [5.41, 5.74) is 2.00. The predicted molar refractivity (Wildman–Crippen MR) is 98.0 cm³/mol. The number of aryl methyl sites for hydroxylation is 1. The lowest BCUT2D eigenvalue weighted by atomic mass is 10.2. The first-order chi connectivity index (χ1) is 11.7. The molecule has 0 aliphatic carbocycles. The molecule has 0 radical (unpaired) electrons. The van der Waals surface area contributed by atoms with E-state index in [9.17, 15) is 4.79 Å². The maximum atomic E-state index is 12.1. The van der Waals surface area contributed by atoms with E-state index in [-0.39, 0.29) is 5.91 Å². The Labute approximate surface area is 144 Å². The molecule has 0 N–H and O–H groups in total. The largest absolute Gasteiger partial charge is 0.494 e. The fourth-order valence-electron chi connectivity index (χ4n) is 2.34. The number of carbonyl (C=O) groups excluding carboxylic acids is 1. The van der Waals surface area contributed by atoms with Gasteiger partial charge >= 0.3 is 0 Å². The Morgan fingerprint density at radius 3 is 2.79 bits per heavy atom.